The van der Waals surface area contributed by atoms with Crippen molar-refractivity contribution < 1.29 is 38.1 Å². The van der Waals surface area contributed by atoms with Gasteiger partial charge in [0.1, 0.15) is 26.4 Å². The van der Waals surface area contributed by atoms with Crippen molar-refractivity contribution in [3.05, 3.63) is 130 Å². The van der Waals surface area contributed by atoms with E-state index in [1.807, 2.05) is 72.2 Å². The van der Waals surface area contributed by atoms with Crippen molar-refractivity contribution in [1.82, 2.24) is 0 Å². The molecule has 0 amide bonds. The number of nitrogens with zero attached hydrogens (tertiary/aromatic N) is 2. The number of carbonyl (C=O) groups excluding carboxylic acids is 4. The maximum absolute atomic E-state index is 13.2. The number of hydrogen-bond acceptors (Lipinski definition) is 10. The molecular weight excluding hydrogens is 612 g/mol. The Bertz CT molecular complexity index is 1530. The number of hydrogen-bond donors (Lipinski definition) is 0. The first-order valence-electron chi connectivity index (χ1n) is 15.8. The van der Waals surface area contributed by atoms with E-state index >= 15 is 0 Å². The van der Waals surface area contributed by atoms with Gasteiger partial charge in [-0.15, -0.1) is 0 Å². The molecule has 0 atom stereocenters. The van der Waals surface area contributed by atoms with Gasteiger partial charge in [-0.1, -0.05) is 59.7 Å². The van der Waals surface area contributed by atoms with Crippen molar-refractivity contribution in [2.24, 2.45) is 0 Å². The summed E-state index contributed by atoms with van der Waals surface area (Å²) in [5.41, 5.74) is 4.23. The van der Waals surface area contributed by atoms with Crippen LogP contribution in [0.4, 0.5) is 11.4 Å². The molecule has 0 saturated heterocycles. The molecule has 0 aliphatic carbocycles. The quantitative estimate of drug-likeness (QED) is 0.199. The standard InChI is InChI=1S/C38H38N2O8/c1-27-11-15-29(16-12-27)39-19-23-45-35(41)31-7-3-5-9-33(31)37(43)47-25-21-40(30-17-13-28(2)14-18-30)22-26-48-38(44)34-10-6-4-8-32(34)36(42)46-24-20-39/h3-18H,19-26H2,1-2H3. The van der Waals surface area contributed by atoms with Crippen LogP contribution in [0.2, 0.25) is 0 Å². The van der Waals surface area contributed by atoms with Gasteiger partial charge in [-0.05, 0) is 62.4 Å². The Labute approximate surface area is 279 Å². The second-order valence-electron chi connectivity index (χ2n) is 11.3. The van der Waals surface area contributed by atoms with E-state index < -0.39 is 23.9 Å². The van der Waals surface area contributed by atoms with Gasteiger partial charge >= 0.3 is 23.9 Å². The van der Waals surface area contributed by atoms with Gasteiger partial charge in [0, 0.05) is 11.4 Å². The van der Waals surface area contributed by atoms with E-state index in [1.165, 1.54) is 24.3 Å². The average Bonchev–Trinajstić information content (AvgIpc) is 3.10. The van der Waals surface area contributed by atoms with Crippen LogP contribution in [0.3, 0.4) is 0 Å². The Morgan fingerprint density at radius 1 is 0.396 bits per heavy atom. The van der Waals surface area contributed by atoms with Crippen molar-refractivity contribution in [3.8, 4) is 0 Å². The predicted molar refractivity (Wildman–Crippen MR) is 181 cm³/mol. The normalized spacial score (nSPS) is 15.8. The minimum atomic E-state index is -0.653. The van der Waals surface area contributed by atoms with E-state index in [2.05, 4.69) is 0 Å². The highest BCUT2D eigenvalue weighted by atomic mass is 16.5. The maximum atomic E-state index is 13.2. The first-order chi connectivity index (χ1) is 23.3. The number of benzene rings is 4. The molecule has 0 aromatic heterocycles. The van der Waals surface area contributed by atoms with Crippen molar-refractivity contribution in [2.75, 3.05) is 62.4 Å². The molecule has 0 fully saturated rings. The zero-order chi connectivity index (χ0) is 33.9. The summed E-state index contributed by atoms with van der Waals surface area (Å²) in [6.07, 6.45) is 0. The van der Waals surface area contributed by atoms with Crippen molar-refractivity contribution in [2.45, 2.75) is 13.8 Å². The molecule has 248 valence electrons. The number of aryl methyl sites for hydroxylation is 2. The lowest BCUT2D eigenvalue weighted by Gasteiger charge is -2.25. The zero-order valence-corrected chi connectivity index (χ0v) is 27.1. The fraction of sp³-hybridized carbons (Fsp3) is 0.263. The lowest BCUT2D eigenvalue weighted by atomic mass is 10.1. The lowest BCUT2D eigenvalue weighted by molar-refractivity contribution is 0.0447. The van der Waals surface area contributed by atoms with Crippen LogP contribution in [-0.2, 0) is 18.9 Å². The van der Waals surface area contributed by atoms with E-state index in [1.54, 1.807) is 24.3 Å². The second-order valence-corrected chi connectivity index (χ2v) is 11.3. The summed E-state index contributed by atoms with van der Waals surface area (Å²) >= 11 is 0. The molecule has 4 aromatic rings. The summed E-state index contributed by atoms with van der Waals surface area (Å²) in [5, 5.41) is 0. The Morgan fingerprint density at radius 2 is 0.646 bits per heavy atom. The molecule has 0 saturated carbocycles. The highest BCUT2D eigenvalue weighted by molar-refractivity contribution is 6.04. The molecule has 0 N–H and O–H groups in total. The summed E-state index contributed by atoms with van der Waals surface area (Å²) in [5.74, 6) is -2.61. The SMILES string of the molecule is Cc1ccc(N2CCOC(=O)c3ccccc3C(=O)OCCN(c3ccc(C)cc3)CCOC(=O)c3ccccc3C(=O)OCC2)cc1. The first-order valence-corrected chi connectivity index (χ1v) is 15.8. The van der Waals surface area contributed by atoms with E-state index in [9.17, 15) is 19.2 Å². The van der Waals surface area contributed by atoms with Gasteiger partial charge in [-0.3, -0.25) is 0 Å². The molecule has 10 heteroatoms. The fourth-order valence-corrected chi connectivity index (χ4v) is 5.23. The number of esters is 4. The Balaban J connectivity index is 1.39. The molecular formula is C38H38N2O8. The topological polar surface area (TPSA) is 112 Å². The van der Waals surface area contributed by atoms with Gasteiger partial charge in [0.25, 0.3) is 0 Å². The van der Waals surface area contributed by atoms with Gasteiger partial charge in [0.15, 0.2) is 0 Å². The fourth-order valence-electron chi connectivity index (χ4n) is 5.23. The van der Waals surface area contributed by atoms with Crippen LogP contribution in [0.1, 0.15) is 52.6 Å². The highest BCUT2D eigenvalue weighted by Crippen LogP contribution is 2.19. The third-order valence-corrected chi connectivity index (χ3v) is 7.91. The molecule has 1 heterocycles. The molecule has 0 spiro atoms. The highest BCUT2D eigenvalue weighted by Gasteiger charge is 2.22. The van der Waals surface area contributed by atoms with Crippen LogP contribution < -0.4 is 9.80 Å². The number of rotatable bonds is 2. The van der Waals surface area contributed by atoms with Gasteiger partial charge in [-0.25, -0.2) is 19.2 Å². The molecule has 48 heavy (non-hydrogen) atoms. The molecule has 0 bridgehead atoms. The Morgan fingerprint density at radius 3 is 0.896 bits per heavy atom. The molecule has 1 aliphatic heterocycles. The summed E-state index contributed by atoms with van der Waals surface area (Å²) in [4.78, 5) is 56.5. The summed E-state index contributed by atoms with van der Waals surface area (Å²) < 4.78 is 22.5. The Hall–Kier alpha value is -5.64. The third-order valence-electron chi connectivity index (χ3n) is 7.91. The summed E-state index contributed by atoms with van der Waals surface area (Å²) in [6, 6.07) is 28.3. The minimum absolute atomic E-state index is 0.00419. The van der Waals surface area contributed by atoms with E-state index in [0.29, 0.717) is 0 Å². The summed E-state index contributed by atoms with van der Waals surface area (Å²) in [7, 11) is 0. The summed E-state index contributed by atoms with van der Waals surface area (Å²) in [6.45, 7) is 5.13. The number of carbonyl (C=O) groups is 4. The molecule has 1 aliphatic rings. The van der Waals surface area contributed by atoms with Crippen molar-refractivity contribution in [3.63, 3.8) is 0 Å². The number of anilines is 2. The molecule has 10 nitrogen and oxygen atoms in total. The smallest absolute Gasteiger partial charge is 0.339 e. The lowest BCUT2D eigenvalue weighted by Crippen LogP contribution is -2.33. The van der Waals surface area contributed by atoms with Gasteiger partial charge in [0.05, 0.1) is 48.4 Å². The van der Waals surface area contributed by atoms with Crippen LogP contribution in [-0.4, -0.2) is 76.5 Å². The van der Waals surface area contributed by atoms with Gasteiger partial charge in [-0.2, -0.15) is 0 Å². The maximum Gasteiger partial charge on any atom is 0.339 e. The van der Waals surface area contributed by atoms with Gasteiger partial charge < -0.3 is 28.7 Å². The molecule has 5 rings (SSSR count). The van der Waals surface area contributed by atoms with E-state index in [0.717, 1.165) is 22.5 Å². The average molecular weight is 651 g/mol. The van der Waals surface area contributed by atoms with E-state index in [-0.39, 0.29) is 74.9 Å². The molecule has 0 unspecified atom stereocenters. The second kappa shape index (κ2) is 16.3. The number of fused-ring (bicyclic) bond motifs is 2. The van der Waals surface area contributed by atoms with E-state index in [4.69, 9.17) is 18.9 Å². The van der Waals surface area contributed by atoms with Crippen molar-refractivity contribution in [1.29, 1.82) is 0 Å². The molecule has 4 aromatic carbocycles. The number of cyclic esters (lactones) is 4. The largest absolute Gasteiger partial charge is 0.460 e. The zero-order valence-electron chi connectivity index (χ0n) is 27.1. The monoisotopic (exact) mass is 650 g/mol. The third kappa shape index (κ3) is 8.79. The minimum Gasteiger partial charge on any atom is -0.460 e. The van der Waals surface area contributed by atoms with Crippen LogP contribution in [0, 0.1) is 13.8 Å². The van der Waals surface area contributed by atoms with Crippen LogP contribution in [0.25, 0.3) is 0 Å². The predicted octanol–water partition coefficient (Wildman–Crippen LogP) is 5.66. The Kier molecular flexibility index (Phi) is 11.4. The molecule has 0 radical (unpaired) electrons. The van der Waals surface area contributed by atoms with Gasteiger partial charge in [0.2, 0.25) is 0 Å². The van der Waals surface area contributed by atoms with Crippen molar-refractivity contribution >= 4 is 35.3 Å². The van der Waals surface area contributed by atoms with Crippen LogP contribution in [0.5, 0.6) is 0 Å². The first kappa shape index (κ1) is 33.7. The van der Waals surface area contributed by atoms with Crippen LogP contribution in [0.15, 0.2) is 97.1 Å². The number of ether oxygens (including phenoxy) is 4. The van der Waals surface area contributed by atoms with Crippen LogP contribution >= 0.6 is 0 Å².